The number of hydrogen-bond donors (Lipinski definition) is 1. The Kier molecular flexibility index (Phi) is 4.34. The van der Waals surface area contributed by atoms with Crippen LogP contribution in [-0.2, 0) is 0 Å². The standard InChI is InChI=1S/C18H28N2O/c1-18(2,17(21)15-6-4-3-5-7-15)14-19-10-12-20(13-11-19)16-8-9-16/h3-7,16-17,21H,8-14H2,1-2H3. The number of hydrogen-bond acceptors (Lipinski definition) is 3. The minimum atomic E-state index is -0.403. The van der Waals surface area contributed by atoms with Gasteiger partial charge < -0.3 is 10.0 Å². The van der Waals surface area contributed by atoms with Crippen LogP contribution in [0.15, 0.2) is 30.3 Å². The first kappa shape index (κ1) is 15.0. The molecule has 21 heavy (non-hydrogen) atoms. The van der Waals surface area contributed by atoms with Gasteiger partial charge in [-0.15, -0.1) is 0 Å². The van der Waals surface area contributed by atoms with Gasteiger partial charge in [-0.25, -0.2) is 0 Å². The first-order valence-corrected chi connectivity index (χ1v) is 8.26. The van der Waals surface area contributed by atoms with Crippen LogP contribution in [0.2, 0.25) is 0 Å². The zero-order valence-corrected chi connectivity index (χ0v) is 13.3. The molecule has 1 aromatic rings. The van der Waals surface area contributed by atoms with E-state index in [1.54, 1.807) is 0 Å². The predicted molar refractivity (Wildman–Crippen MR) is 86.2 cm³/mol. The van der Waals surface area contributed by atoms with Crippen molar-refractivity contribution in [3.63, 3.8) is 0 Å². The Hall–Kier alpha value is -0.900. The second kappa shape index (κ2) is 6.07. The SMILES string of the molecule is CC(C)(CN1CCN(C2CC2)CC1)C(O)c1ccccc1. The number of piperazine rings is 1. The first-order chi connectivity index (χ1) is 10.1. The number of aliphatic hydroxyl groups excluding tert-OH is 1. The second-order valence-electron chi connectivity index (χ2n) is 7.35. The molecule has 3 heteroatoms. The molecule has 1 saturated carbocycles. The van der Waals surface area contributed by atoms with Crippen LogP contribution < -0.4 is 0 Å². The van der Waals surface area contributed by atoms with Crippen molar-refractivity contribution in [2.75, 3.05) is 32.7 Å². The molecule has 1 heterocycles. The molecular formula is C18H28N2O. The highest BCUT2D eigenvalue weighted by atomic mass is 16.3. The number of aliphatic hydroxyl groups is 1. The number of rotatable bonds is 5. The van der Waals surface area contributed by atoms with Gasteiger partial charge in [-0.05, 0) is 18.4 Å². The summed E-state index contributed by atoms with van der Waals surface area (Å²) < 4.78 is 0. The topological polar surface area (TPSA) is 26.7 Å². The van der Waals surface area contributed by atoms with Crippen molar-refractivity contribution in [3.05, 3.63) is 35.9 Å². The average Bonchev–Trinajstić information content (AvgIpc) is 3.32. The lowest BCUT2D eigenvalue weighted by atomic mass is 9.82. The monoisotopic (exact) mass is 288 g/mol. The molecule has 0 amide bonds. The molecule has 0 radical (unpaired) electrons. The Bertz CT molecular complexity index is 448. The van der Waals surface area contributed by atoms with Gasteiger partial charge >= 0.3 is 0 Å². The van der Waals surface area contributed by atoms with Gasteiger partial charge in [-0.1, -0.05) is 44.2 Å². The fourth-order valence-electron chi connectivity index (χ4n) is 3.48. The fraction of sp³-hybridized carbons (Fsp3) is 0.667. The molecule has 1 unspecified atom stereocenters. The molecule has 1 aromatic carbocycles. The summed E-state index contributed by atoms with van der Waals surface area (Å²) >= 11 is 0. The lowest BCUT2D eigenvalue weighted by Gasteiger charge is -2.40. The Balaban J connectivity index is 1.55. The Morgan fingerprint density at radius 1 is 1.10 bits per heavy atom. The normalized spacial score (nSPS) is 23.2. The van der Waals surface area contributed by atoms with E-state index in [1.807, 2.05) is 30.3 Å². The minimum absolute atomic E-state index is 0.122. The van der Waals surface area contributed by atoms with Crippen LogP contribution >= 0.6 is 0 Å². The predicted octanol–water partition coefficient (Wildman–Crippen LogP) is 2.53. The summed E-state index contributed by atoms with van der Waals surface area (Å²) in [5.41, 5.74) is 0.905. The van der Waals surface area contributed by atoms with E-state index in [1.165, 1.54) is 25.9 Å². The van der Waals surface area contributed by atoms with E-state index in [9.17, 15) is 5.11 Å². The van der Waals surface area contributed by atoms with E-state index in [0.29, 0.717) is 0 Å². The summed E-state index contributed by atoms with van der Waals surface area (Å²) in [6.07, 6.45) is 2.40. The van der Waals surface area contributed by atoms with Crippen LogP contribution in [0.25, 0.3) is 0 Å². The highest BCUT2D eigenvalue weighted by molar-refractivity contribution is 5.19. The van der Waals surface area contributed by atoms with Gasteiger partial charge in [0.05, 0.1) is 6.10 Å². The molecule has 1 saturated heterocycles. The molecule has 2 fully saturated rings. The Morgan fingerprint density at radius 3 is 2.29 bits per heavy atom. The lowest BCUT2D eigenvalue weighted by molar-refractivity contribution is 0.00651. The third-order valence-electron chi connectivity index (χ3n) is 4.96. The highest BCUT2D eigenvalue weighted by Gasteiger charge is 2.35. The average molecular weight is 288 g/mol. The van der Waals surface area contributed by atoms with Gasteiger partial charge in [0.2, 0.25) is 0 Å². The summed E-state index contributed by atoms with van der Waals surface area (Å²) in [7, 11) is 0. The molecule has 1 atom stereocenters. The molecule has 0 spiro atoms. The minimum Gasteiger partial charge on any atom is -0.388 e. The number of nitrogens with zero attached hydrogens (tertiary/aromatic N) is 2. The van der Waals surface area contributed by atoms with Gasteiger partial charge in [-0.2, -0.15) is 0 Å². The molecule has 3 nitrogen and oxygen atoms in total. The lowest BCUT2D eigenvalue weighted by Crippen LogP contribution is -2.50. The summed E-state index contributed by atoms with van der Waals surface area (Å²) in [4.78, 5) is 5.15. The molecule has 3 rings (SSSR count). The first-order valence-electron chi connectivity index (χ1n) is 8.26. The van der Waals surface area contributed by atoms with Crippen LogP contribution in [0.5, 0.6) is 0 Å². The Labute approximate surface area is 128 Å². The van der Waals surface area contributed by atoms with Crippen molar-refractivity contribution in [1.82, 2.24) is 9.80 Å². The van der Waals surface area contributed by atoms with Crippen molar-refractivity contribution >= 4 is 0 Å². The van der Waals surface area contributed by atoms with Crippen LogP contribution in [0.4, 0.5) is 0 Å². The smallest absolute Gasteiger partial charge is 0.0853 e. The van der Waals surface area contributed by atoms with Crippen molar-refractivity contribution in [1.29, 1.82) is 0 Å². The fourth-order valence-corrected chi connectivity index (χ4v) is 3.48. The second-order valence-corrected chi connectivity index (χ2v) is 7.35. The van der Waals surface area contributed by atoms with Crippen LogP contribution in [0, 0.1) is 5.41 Å². The summed E-state index contributed by atoms with van der Waals surface area (Å²) in [6.45, 7) is 9.99. The summed E-state index contributed by atoms with van der Waals surface area (Å²) in [5.74, 6) is 0. The van der Waals surface area contributed by atoms with Crippen molar-refractivity contribution in [2.45, 2.75) is 38.8 Å². The van der Waals surface area contributed by atoms with Crippen LogP contribution in [-0.4, -0.2) is 53.7 Å². The zero-order chi connectivity index (χ0) is 14.9. The molecular weight excluding hydrogens is 260 g/mol. The van der Waals surface area contributed by atoms with E-state index in [2.05, 4.69) is 23.6 Å². The van der Waals surface area contributed by atoms with Crippen LogP contribution in [0.3, 0.4) is 0 Å². The van der Waals surface area contributed by atoms with E-state index < -0.39 is 6.10 Å². The third kappa shape index (κ3) is 3.65. The zero-order valence-electron chi connectivity index (χ0n) is 13.3. The molecule has 1 aliphatic heterocycles. The van der Waals surface area contributed by atoms with Gasteiger partial charge in [0, 0.05) is 44.2 Å². The van der Waals surface area contributed by atoms with Crippen LogP contribution in [0.1, 0.15) is 38.4 Å². The largest absolute Gasteiger partial charge is 0.388 e. The van der Waals surface area contributed by atoms with Gasteiger partial charge in [0.25, 0.3) is 0 Å². The molecule has 0 bridgehead atoms. The highest BCUT2D eigenvalue weighted by Crippen LogP contribution is 2.34. The van der Waals surface area contributed by atoms with Crippen molar-refractivity contribution in [2.24, 2.45) is 5.41 Å². The van der Waals surface area contributed by atoms with E-state index in [-0.39, 0.29) is 5.41 Å². The quantitative estimate of drug-likeness (QED) is 0.902. The van der Waals surface area contributed by atoms with Gasteiger partial charge in [-0.3, -0.25) is 4.90 Å². The summed E-state index contributed by atoms with van der Waals surface area (Å²) in [5, 5.41) is 10.7. The van der Waals surface area contributed by atoms with E-state index >= 15 is 0 Å². The maximum Gasteiger partial charge on any atom is 0.0853 e. The molecule has 1 aliphatic carbocycles. The third-order valence-corrected chi connectivity index (χ3v) is 4.96. The van der Waals surface area contributed by atoms with Gasteiger partial charge in [0.15, 0.2) is 0 Å². The molecule has 2 aliphatic rings. The van der Waals surface area contributed by atoms with Gasteiger partial charge in [0.1, 0.15) is 0 Å². The Morgan fingerprint density at radius 2 is 1.71 bits per heavy atom. The maximum atomic E-state index is 10.7. The molecule has 0 aromatic heterocycles. The molecule has 1 N–H and O–H groups in total. The maximum absolute atomic E-state index is 10.7. The number of benzene rings is 1. The summed E-state index contributed by atoms with van der Waals surface area (Å²) in [6, 6.07) is 10.9. The van der Waals surface area contributed by atoms with E-state index in [4.69, 9.17) is 0 Å². The van der Waals surface area contributed by atoms with Crippen molar-refractivity contribution in [3.8, 4) is 0 Å². The molecule has 116 valence electrons. The van der Waals surface area contributed by atoms with Crippen molar-refractivity contribution < 1.29 is 5.11 Å². The van der Waals surface area contributed by atoms with E-state index in [0.717, 1.165) is 31.2 Å².